The molecule has 0 aliphatic heterocycles. The molecular formula is C16H22N4O2S. The molecule has 0 bridgehead atoms. The van der Waals surface area contributed by atoms with E-state index in [-0.39, 0.29) is 11.6 Å². The van der Waals surface area contributed by atoms with E-state index >= 15 is 0 Å². The standard InChI is InChI=1S/C16H22N4O2S/c1-3-20(4-2)16-11-10-15(17-18-16)19-23(21,22)13-12-14-8-6-5-7-9-14/h5-11H,3-4,12-13H2,1-2H3,(H,17,19). The van der Waals surface area contributed by atoms with Crippen LogP contribution in [0.3, 0.4) is 0 Å². The molecule has 0 atom stereocenters. The van der Waals surface area contributed by atoms with Crippen molar-refractivity contribution in [3.63, 3.8) is 0 Å². The number of hydrogen-bond acceptors (Lipinski definition) is 5. The van der Waals surface area contributed by atoms with Gasteiger partial charge in [-0.1, -0.05) is 30.3 Å². The van der Waals surface area contributed by atoms with E-state index in [0.29, 0.717) is 6.42 Å². The van der Waals surface area contributed by atoms with Crippen LogP contribution in [0.25, 0.3) is 0 Å². The predicted molar refractivity (Wildman–Crippen MR) is 93.1 cm³/mol. The second kappa shape index (κ2) is 7.92. The lowest BCUT2D eigenvalue weighted by atomic mass is 10.2. The molecule has 0 unspecified atom stereocenters. The number of anilines is 2. The fourth-order valence-corrected chi connectivity index (χ4v) is 3.24. The molecule has 0 spiro atoms. The highest BCUT2D eigenvalue weighted by atomic mass is 32.2. The van der Waals surface area contributed by atoms with Crippen LogP contribution >= 0.6 is 0 Å². The van der Waals surface area contributed by atoms with Gasteiger partial charge in [-0.05, 0) is 38.0 Å². The summed E-state index contributed by atoms with van der Waals surface area (Å²) in [4.78, 5) is 2.04. The van der Waals surface area contributed by atoms with Crippen LogP contribution in [0.15, 0.2) is 42.5 Å². The van der Waals surface area contributed by atoms with Gasteiger partial charge in [0, 0.05) is 13.1 Å². The molecule has 124 valence electrons. The van der Waals surface area contributed by atoms with E-state index in [1.165, 1.54) is 0 Å². The maximum atomic E-state index is 12.1. The van der Waals surface area contributed by atoms with Gasteiger partial charge in [-0.25, -0.2) is 8.42 Å². The fraction of sp³-hybridized carbons (Fsp3) is 0.375. The third kappa shape index (κ3) is 5.21. The van der Waals surface area contributed by atoms with Crippen LogP contribution in [0, 0.1) is 0 Å². The molecule has 0 radical (unpaired) electrons. The SMILES string of the molecule is CCN(CC)c1ccc(NS(=O)(=O)CCc2ccccc2)nn1. The van der Waals surface area contributed by atoms with Gasteiger partial charge in [0.25, 0.3) is 0 Å². The first-order valence-electron chi connectivity index (χ1n) is 7.67. The first-order valence-corrected chi connectivity index (χ1v) is 9.32. The number of rotatable bonds is 8. The van der Waals surface area contributed by atoms with Crippen LogP contribution in [0.5, 0.6) is 0 Å². The molecule has 23 heavy (non-hydrogen) atoms. The lowest BCUT2D eigenvalue weighted by Crippen LogP contribution is -2.24. The van der Waals surface area contributed by atoms with E-state index in [1.54, 1.807) is 12.1 Å². The van der Waals surface area contributed by atoms with Crippen molar-refractivity contribution in [2.24, 2.45) is 0 Å². The number of aryl methyl sites for hydroxylation is 1. The molecule has 7 heteroatoms. The third-order valence-corrected chi connectivity index (χ3v) is 4.76. The quantitative estimate of drug-likeness (QED) is 0.802. The number of nitrogens with zero attached hydrogens (tertiary/aromatic N) is 3. The minimum atomic E-state index is -3.44. The van der Waals surface area contributed by atoms with Crippen LogP contribution in [0.2, 0.25) is 0 Å². The smallest absolute Gasteiger partial charge is 0.234 e. The van der Waals surface area contributed by atoms with E-state index in [4.69, 9.17) is 0 Å². The average molecular weight is 334 g/mol. The highest BCUT2D eigenvalue weighted by molar-refractivity contribution is 7.92. The normalized spacial score (nSPS) is 11.2. The summed E-state index contributed by atoms with van der Waals surface area (Å²) in [5.74, 6) is 0.993. The summed E-state index contributed by atoms with van der Waals surface area (Å²) in [6.07, 6.45) is 0.459. The molecule has 2 aromatic rings. The summed E-state index contributed by atoms with van der Waals surface area (Å²) in [5, 5.41) is 8.03. The zero-order valence-electron chi connectivity index (χ0n) is 13.4. The summed E-state index contributed by atoms with van der Waals surface area (Å²) in [6.45, 7) is 5.72. The van der Waals surface area contributed by atoms with E-state index < -0.39 is 10.0 Å². The van der Waals surface area contributed by atoms with Crippen LogP contribution < -0.4 is 9.62 Å². The van der Waals surface area contributed by atoms with Gasteiger partial charge in [0.05, 0.1) is 5.75 Å². The van der Waals surface area contributed by atoms with Gasteiger partial charge in [0.1, 0.15) is 0 Å². The molecule has 1 aromatic carbocycles. The molecule has 6 nitrogen and oxygen atoms in total. The molecule has 2 rings (SSSR count). The second-order valence-corrected chi connectivity index (χ2v) is 6.95. The Kier molecular flexibility index (Phi) is 5.92. The van der Waals surface area contributed by atoms with E-state index in [2.05, 4.69) is 14.9 Å². The van der Waals surface area contributed by atoms with Crippen molar-refractivity contribution in [1.29, 1.82) is 0 Å². The summed E-state index contributed by atoms with van der Waals surface area (Å²) >= 11 is 0. The number of benzene rings is 1. The van der Waals surface area contributed by atoms with Gasteiger partial charge >= 0.3 is 0 Å². The number of sulfonamides is 1. The van der Waals surface area contributed by atoms with Crippen molar-refractivity contribution in [2.45, 2.75) is 20.3 Å². The van der Waals surface area contributed by atoms with Crippen LogP contribution in [0.4, 0.5) is 11.6 Å². The summed E-state index contributed by atoms with van der Waals surface area (Å²) in [5.41, 5.74) is 0.987. The molecule has 1 heterocycles. The van der Waals surface area contributed by atoms with Gasteiger partial charge in [-0.2, -0.15) is 0 Å². The Morgan fingerprint density at radius 3 is 2.26 bits per heavy atom. The summed E-state index contributed by atoms with van der Waals surface area (Å²) in [6, 6.07) is 12.9. The molecule has 1 aromatic heterocycles. The minimum absolute atomic E-state index is 0.0104. The van der Waals surface area contributed by atoms with Gasteiger partial charge in [-0.15, -0.1) is 10.2 Å². The number of nitrogens with one attached hydrogen (secondary N) is 1. The summed E-state index contributed by atoms with van der Waals surface area (Å²) < 4.78 is 26.7. The largest absolute Gasteiger partial charge is 0.356 e. The Balaban J connectivity index is 1.97. The Hall–Kier alpha value is -2.15. The average Bonchev–Trinajstić information content (AvgIpc) is 2.56. The molecule has 0 amide bonds. The Morgan fingerprint density at radius 2 is 1.70 bits per heavy atom. The Morgan fingerprint density at radius 1 is 1.00 bits per heavy atom. The lowest BCUT2D eigenvalue weighted by molar-refractivity contribution is 0.600. The fourth-order valence-electron chi connectivity index (χ4n) is 2.20. The number of hydrogen-bond donors (Lipinski definition) is 1. The van der Waals surface area contributed by atoms with Crippen molar-refractivity contribution < 1.29 is 8.42 Å². The van der Waals surface area contributed by atoms with E-state index in [0.717, 1.165) is 24.5 Å². The second-order valence-electron chi connectivity index (χ2n) is 5.11. The zero-order valence-corrected chi connectivity index (χ0v) is 14.3. The molecule has 0 aliphatic carbocycles. The zero-order chi connectivity index (χ0) is 16.7. The highest BCUT2D eigenvalue weighted by Crippen LogP contribution is 2.12. The van der Waals surface area contributed by atoms with Gasteiger partial charge in [0.15, 0.2) is 11.6 Å². The third-order valence-electron chi connectivity index (χ3n) is 3.50. The van der Waals surface area contributed by atoms with Crippen molar-refractivity contribution >= 4 is 21.7 Å². The Bertz CT molecular complexity index is 699. The molecular weight excluding hydrogens is 312 g/mol. The van der Waals surface area contributed by atoms with Gasteiger partial charge < -0.3 is 4.90 Å². The predicted octanol–water partition coefficient (Wildman–Crippen LogP) is 2.31. The van der Waals surface area contributed by atoms with Crippen molar-refractivity contribution in [3.8, 4) is 0 Å². The topological polar surface area (TPSA) is 75.2 Å². The molecule has 1 N–H and O–H groups in total. The van der Waals surface area contributed by atoms with Gasteiger partial charge in [-0.3, -0.25) is 4.72 Å². The van der Waals surface area contributed by atoms with Crippen molar-refractivity contribution in [3.05, 3.63) is 48.0 Å². The first-order chi connectivity index (χ1) is 11.0. The maximum absolute atomic E-state index is 12.1. The monoisotopic (exact) mass is 334 g/mol. The van der Waals surface area contributed by atoms with Crippen LogP contribution in [0.1, 0.15) is 19.4 Å². The van der Waals surface area contributed by atoms with Crippen molar-refractivity contribution in [2.75, 3.05) is 28.5 Å². The highest BCUT2D eigenvalue weighted by Gasteiger charge is 2.12. The molecule has 0 saturated carbocycles. The Labute approximate surface area is 137 Å². The van der Waals surface area contributed by atoms with Crippen LogP contribution in [-0.2, 0) is 16.4 Å². The van der Waals surface area contributed by atoms with E-state index in [1.807, 2.05) is 49.1 Å². The molecule has 0 saturated heterocycles. The maximum Gasteiger partial charge on any atom is 0.234 e. The van der Waals surface area contributed by atoms with Crippen molar-refractivity contribution in [1.82, 2.24) is 10.2 Å². The summed E-state index contributed by atoms with van der Waals surface area (Å²) in [7, 11) is -3.44. The van der Waals surface area contributed by atoms with Gasteiger partial charge in [0.2, 0.25) is 10.0 Å². The minimum Gasteiger partial charge on any atom is -0.356 e. The lowest BCUT2D eigenvalue weighted by Gasteiger charge is -2.18. The molecule has 0 fully saturated rings. The van der Waals surface area contributed by atoms with Crippen LogP contribution in [-0.4, -0.2) is 37.5 Å². The first kappa shape index (κ1) is 17.2. The number of aromatic nitrogens is 2. The van der Waals surface area contributed by atoms with E-state index in [9.17, 15) is 8.42 Å². The molecule has 0 aliphatic rings.